The fourth-order valence-corrected chi connectivity index (χ4v) is 2.80. The minimum Gasteiger partial charge on any atom is -0.497 e. The lowest BCUT2D eigenvalue weighted by atomic mass is 9.99. The topological polar surface area (TPSA) is 46.5 Å². The number of hydrogen-bond acceptors (Lipinski definition) is 3. The van der Waals surface area contributed by atoms with Gasteiger partial charge in [0.15, 0.2) is 0 Å². The van der Waals surface area contributed by atoms with Crippen LogP contribution in [0.3, 0.4) is 0 Å². The molecule has 1 aromatic rings. The Morgan fingerprint density at radius 3 is 2.53 bits per heavy atom. The van der Waals surface area contributed by atoms with Crippen LogP contribution in [0.4, 0.5) is 0 Å². The van der Waals surface area contributed by atoms with Crippen LogP contribution in [0.5, 0.6) is 5.75 Å². The zero-order valence-electron chi connectivity index (χ0n) is 8.34. The second-order valence-corrected chi connectivity index (χ2v) is 4.65. The molecule has 80 valence electrons. The molecular weight excluding hydrogens is 212 g/mol. The molecule has 15 heavy (non-hydrogen) atoms. The Hall–Kier alpha value is -1.16. The molecule has 2 atom stereocenters. The van der Waals surface area contributed by atoms with Crippen LogP contribution in [0.15, 0.2) is 24.3 Å². The highest BCUT2D eigenvalue weighted by atomic mass is 32.2. The number of carboxylic acids is 1. The van der Waals surface area contributed by atoms with Gasteiger partial charge in [0.25, 0.3) is 0 Å². The zero-order valence-corrected chi connectivity index (χ0v) is 9.16. The maximum atomic E-state index is 10.9. The molecule has 4 heteroatoms. The largest absolute Gasteiger partial charge is 0.497 e. The molecular formula is C11H12O3S. The summed E-state index contributed by atoms with van der Waals surface area (Å²) < 4.78 is 5.05. The van der Waals surface area contributed by atoms with Crippen molar-refractivity contribution in [3.8, 4) is 5.75 Å². The summed E-state index contributed by atoms with van der Waals surface area (Å²) in [5.41, 5.74) is 1.07. The fraction of sp³-hybridized carbons (Fsp3) is 0.364. The van der Waals surface area contributed by atoms with Crippen LogP contribution < -0.4 is 4.74 Å². The molecule has 2 unspecified atom stereocenters. The van der Waals surface area contributed by atoms with E-state index in [1.807, 2.05) is 24.3 Å². The molecule has 0 aliphatic carbocycles. The van der Waals surface area contributed by atoms with Crippen molar-refractivity contribution in [1.82, 2.24) is 0 Å². The number of carboxylic acid groups (broad SMARTS) is 1. The molecule has 0 aromatic heterocycles. The van der Waals surface area contributed by atoms with E-state index in [0.717, 1.165) is 11.3 Å². The van der Waals surface area contributed by atoms with Gasteiger partial charge in [-0.25, -0.2) is 0 Å². The number of methoxy groups -OCH3 is 1. The van der Waals surface area contributed by atoms with E-state index < -0.39 is 5.97 Å². The summed E-state index contributed by atoms with van der Waals surface area (Å²) in [7, 11) is 1.62. The molecule has 1 heterocycles. The highest BCUT2D eigenvalue weighted by Gasteiger charge is 2.38. The summed E-state index contributed by atoms with van der Waals surface area (Å²) in [6.45, 7) is 0. The lowest BCUT2D eigenvalue weighted by Gasteiger charge is -2.33. The minimum absolute atomic E-state index is 0.105. The Morgan fingerprint density at radius 1 is 1.47 bits per heavy atom. The molecule has 0 bridgehead atoms. The number of benzene rings is 1. The molecule has 0 amide bonds. The van der Waals surface area contributed by atoms with Crippen LogP contribution in [-0.2, 0) is 4.79 Å². The minimum atomic E-state index is -0.699. The Kier molecular flexibility index (Phi) is 2.86. The molecule has 0 radical (unpaired) electrons. The predicted molar refractivity (Wildman–Crippen MR) is 59.3 cm³/mol. The molecule has 1 aliphatic rings. The van der Waals surface area contributed by atoms with E-state index >= 15 is 0 Å². The van der Waals surface area contributed by atoms with E-state index in [4.69, 9.17) is 9.84 Å². The number of thioether (sulfide) groups is 1. The molecule has 1 saturated heterocycles. The smallest absolute Gasteiger partial charge is 0.308 e. The summed E-state index contributed by atoms with van der Waals surface area (Å²) in [6.07, 6.45) is 0. The molecule has 1 aromatic carbocycles. The summed E-state index contributed by atoms with van der Waals surface area (Å²) in [5, 5.41) is 9.03. The molecule has 0 saturated carbocycles. The van der Waals surface area contributed by atoms with Gasteiger partial charge in [-0.15, -0.1) is 0 Å². The summed E-state index contributed by atoms with van der Waals surface area (Å²) in [6, 6.07) is 7.61. The normalized spacial score (nSPS) is 24.3. The summed E-state index contributed by atoms with van der Waals surface area (Å²) >= 11 is 1.69. The van der Waals surface area contributed by atoms with Crippen LogP contribution in [0.2, 0.25) is 0 Å². The number of hydrogen-bond donors (Lipinski definition) is 1. The maximum Gasteiger partial charge on any atom is 0.308 e. The highest BCUT2D eigenvalue weighted by molar-refractivity contribution is 8.01. The van der Waals surface area contributed by atoms with Gasteiger partial charge in [0.1, 0.15) is 5.75 Å². The standard InChI is InChI=1S/C11H12O3S/c1-14-8-4-2-7(3-5-8)10-9(6-15-10)11(12)13/h2-5,9-10H,6H2,1H3,(H,12,13). The molecule has 1 N–H and O–H groups in total. The average Bonchev–Trinajstić information content (AvgIpc) is 2.16. The quantitative estimate of drug-likeness (QED) is 0.854. The molecule has 2 rings (SSSR count). The Morgan fingerprint density at radius 2 is 2.13 bits per heavy atom. The Labute approximate surface area is 92.4 Å². The molecule has 1 aliphatic heterocycles. The van der Waals surface area contributed by atoms with Crippen molar-refractivity contribution in [3.05, 3.63) is 29.8 Å². The fourth-order valence-electron chi connectivity index (χ4n) is 1.61. The molecule has 1 fully saturated rings. The summed E-state index contributed by atoms with van der Waals surface area (Å²) in [4.78, 5) is 10.9. The number of ether oxygens (including phenoxy) is 1. The number of aliphatic carboxylic acids is 1. The SMILES string of the molecule is COc1ccc(C2SCC2C(=O)O)cc1. The lowest BCUT2D eigenvalue weighted by molar-refractivity contribution is -0.141. The van der Waals surface area contributed by atoms with Crippen molar-refractivity contribution in [2.24, 2.45) is 5.92 Å². The second-order valence-electron chi connectivity index (χ2n) is 3.47. The predicted octanol–water partition coefficient (Wildman–Crippen LogP) is 2.18. The highest BCUT2D eigenvalue weighted by Crippen LogP contribution is 2.47. The van der Waals surface area contributed by atoms with Crippen molar-refractivity contribution < 1.29 is 14.6 Å². The van der Waals surface area contributed by atoms with E-state index in [-0.39, 0.29) is 11.2 Å². The third kappa shape index (κ3) is 1.95. The van der Waals surface area contributed by atoms with E-state index in [1.165, 1.54) is 0 Å². The van der Waals surface area contributed by atoms with Crippen LogP contribution >= 0.6 is 11.8 Å². The van der Waals surface area contributed by atoms with Crippen LogP contribution in [-0.4, -0.2) is 23.9 Å². The first kappa shape index (κ1) is 10.4. The van der Waals surface area contributed by atoms with Crippen molar-refractivity contribution in [2.45, 2.75) is 5.25 Å². The van der Waals surface area contributed by atoms with Crippen molar-refractivity contribution in [2.75, 3.05) is 12.9 Å². The van der Waals surface area contributed by atoms with Crippen LogP contribution in [0, 0.1) is 5.92 Å². The van der Waals surface area contributed by atoms with Gasteiger partial charge in [-0.3, -0.25) is 4.79 Å². The van der Waals surface area contributed by atoms with Crippen molar-refractivity contribution >= 4 is 17.7 Å². The first-order chi connectivity index (χ1) is 7.22. The van der Waals surface area contributed by atoms with E-state index in [9.17, 15) is 4.79 Å². The molecule has 3 nitrogen and oxygen atoms in total. The van der Waals surface area contributed by atoms with Crippen molar-refractivity contribution in [1.29, 1.82) is 0 Å². The average molecular weight is 224 g/mol. The zero-order chi connectivity index (χ0) is 10.8. The second kappa shape index (κ2) is 4.14. The summed E-state index contributed by atoms with van der Waals surface area (Å²) in [5.74, 6) is 0.583. The van der Waals surface area contributed by atoms with Crippen LogP contribution in [0.25, 0.3) is 0 Å². The van der Waals surface area contributed by atoms with Gasteiger partial charge in [0.05, 0.1) is 13.0 Å². The van der Waals surface area contributed by atoms with Gasteiger partial charge in [-0.2, -0.15) is 11.8 Å². The Balaban J connectivity index is 2.13. The third-order valence-corrected chi connectivity index (χ3v) is 4.09. The number of rotatable bonds is 3. The number of carbonyl (C=O) groups is 1. The van der Waals surface area contributed by atoms with Crippen LogP contribution in [0.1, 0.15) is 10.8 Å². The van der Waals surface area contributed by atoms with Gasteiger partial charge in [0.2, 0.25) is 0 Å². The van der Waals surface area contributed by atoms with Gasteiger partial charge in [0, 0.05) is 11.0 Å². The van der Waals surface area contributed by atoms with E-state index in [0.29, 0.717) is 5.75 Å². The molecule has 0 spiro atoms. The van der Waals surface area contributed by atoms with Gasteiger partial charge >= 0.3 is 5.97 Å². The lowest BCUT2D eigenvalue weighted by Crippen LogP contribution is -2.30. The van der Waals surface area contributed by atoms with Gasteiger partial charge in [-0.1, -0.05) is 12.1 Å². The van der Waals surface area contributed by atoms with E-state index in [2.05, 4.69) is 0 Å². The van der Waals surface area contributed by atoms with Gasteiger partial charge in [-0.05, 0) is 17.7 Å². The van der Waals surface area contributed by atoms with Crippen molar-refractivity contribution in [3.63, 3.8) is 0 Å². The maximum absolute atomic E-state index is 10.9. The van der Waals surface area contributed by atoms with Gasteiger partial charge < -0.3 is 9.84 Å². The first-order valence-corrected chi connectivity index (χ1v) is 5.75. The third-order valence-electron chi connectivity index (χ3n) is 2.58. The monoisotopic (exact) mass is 224 g/mol. The first-order valence-electron chi connectivity index (χ1n) is 4.70. The Bertz CT molecular complexity index is 361. The van der Waals surface area contributed by atoms with E-state index in [1.54, 1.807) is 18.9 Å².